The number of rotatable bonds is 4. The first-order valence-electron chi connectivity index (χ1n) is 11.9. The Bertz CT molecular complexity index is 1440. The summed E-state index contributed by atoms with van der Waals surface area (Å²) in [5.41, 5.74) is 5.55. The highest BCUT2D eigenvalue weighted by atomic mass is 16.4. The number of fused-ring (bicyclic) bond motifs is 2. The van der Waals surface area contributed by atoms with Gasteiger partial charge in [0.05, 0.1) is 0 Å². The smallest absolute Gasteiger partial charge is 0.339 e. The zero-order valence-corrected chi connectivity index (χ0v) is 20.2. The molecule has 0 radical (unpaired) electrons. The van der Waals surface area contributed by atoms with E-state index >= 15 is 0 Å². The first-order chi connectivity index (χ1) is 16.3. The van der Waals surface area contributed by atoms with Crippen molar-refractivity contribution < 1.29 is 13.6 Å². The molecule has 1 aliphatic heterocycles. The minimum absolute atomic E-state index is 0.0829. The second kappa shape index (κ2) is 8.67. The number of amides is 1. The molecule has 1 saturated heterocycles. The minimum atomic E-state index is -0.367. The fourth-order valence-electron chi connectivity index (χ4n) is 5.02. The van der Waals surface area contributed by atoms with E-state index in [9.17, 15) is 9.59 Å². The lowest BCUT2D eigenvalue weighted by atomic mass is 9.98. The van der Waals surface area contributed by atoms with Crippen LogP contribution in [-0.2, 0) is 11.2 Å². The molecule has 0 unspecified atom stereocenters. The molecule has 2 aromatic heterocycles. The Balaban J connectivity index is 1.34. The highest BCUT2D eigenvalue weighted by Gasteiger charge is 2.23. The summed E-state index contributed by atoms with van der Waals surface area (Å²) in [6.45, 7) is 10.9. The minimum Gasteiger partial charge on any atom is -0.461 e. The van der Waals surface area contributed by atoms with Gasteiger partial charge in [-0.3, -0.25) is 4.79 Å². The zero-order valence-electron chi connectivity index (χ0n) is 20.2. The maximum atomic E-state index is 12.9. The van der Waals surface area contributed by atoms with Crippen molar-refractivity contribution in [3.8, 4) is 0 Å². The van der Waals surface area contributed by atoms with Crippen LogP contribution in [0.1, 0.15) is 34.4 Å². The van der Waals surface area contributed by atoms with Gasteiger partial charge in [0.1, 0.15) is 16.9 Å². The third-order valence-electron chi connectivity index (χ3n) is 7.29. The number of hydrogen-bond donors (Lipinski definition) is 0. The zero-order chi connectivity index (χ0) is 24.0. The second-order valence-corrected chi connectivity index (χ2v) is 9.23. The van der Waals surface area contributed by atoms with Crippen molar-refractivity contribution >= 4 is 33.5 Å². The molecule has 176 valence electrons. The summed E-state index contributed by atoms with van der Waals surface area (Å²) >= 11 is 0. The Labute approximate surface area is 198 Å². The van der Waals surface area contributed by atoms with Gasteiger partial charge in [-0.15, -0.1) is 0 Å². The van der Waals surface area contributed by atoms with Crippen LogP contribution in [0.2, 0.25) is 0 Å². The van der Waals surface area contributed by atoms with E-state index in [0.717, 1.165) is 51.9 Å². The summed E-state index contributed by atoms with van der Waals surface area (Å²) in [5, 5.41) is 1.95. The van der Waals surface area contributed by atoms with E-state index in [1.54, 1.807) is 0 Å². The summed E-state index contributed by atoms with van der Waals surface area (Å²) < 4.78 is 11.7. The summed E-state index contributed by atoms with van der Waals surface area (Å²) in [4.78, 5) is 30.0. The molecule has 4 aromatic rings. The molecular weight excluding hydrogens is 428 g/mol. The van der Waals surface area contributed by atoms with Crippen LogP contribution in [0.4, 0.5) is 5.69 Å². The van der Waals surface area contributed by atoms with Crippen LogP contribution in [0.15, 0.2) is 50.0 Å². The summed E-state index contributed by atoms with van der Waals surface area (Å²) in [7, 11) is 0. The van der Waals surface area contributed by atoms with Gasteiger partial charge < -0.3 is 18.6 Å². The fraction of sp³-hybridized carbons (Fsp3) is 0.357. The van der Waals surface area contributed by atoms with Crippen molar-refractivity contribution in [2.75, 3.05) is 31.1 Å². The summed E-state index contributed by atoms with van der Waals surface area (Å²) in [6.07, 6.45) is 0.676. The molecule has 6 heteroatoms. The maximum Gasteiger partial charge on any atom is 0.339 e. The van der Waals surface area contributed by atoms with Crippen LogP contribution >= 0.6 is 0 Å². The highest BCUT2D eigenvalue weighted by Crippen LogP contribution is 2.34. The molecular formula is C28H30N2O4. The number of nitrogens with zero attached hydrogens (tertiary/aromatic N) is 2. The van der Waals surface area contributed by atoms with Gasteiger partial charge in [-0.1, -0.05) is 18.2 Å². The Hall–Kier alpha value is -3.54. The lowest BCUT2D eigenvalue weighted by Crippen LogP contribution is -2.48. The van der Waals surface area contributed by atoms with E-state index in [1.807, 2.05) is 50.8 Å². The SMILES string of the molecule is Cc1oc2c(C)c3oc(=O)c(CCC(=O)N4CCN(c5ccccc5)CC4)c(C)c3cc2c1C. The summed E-state index contributed by atoms with van der Waals surface area (Å²) in [6, 6.07) is 12.3. The van der Waals surface area contributed by atoms with Crippen molar-refractivity contribution in [3.63, 3.8) is 0 Å². The van der Waals surface area contributed by atoms with Crippen LogP contribution in [0.25, 0.3) is 21.9 Å². The maximum absolute atomic E-state index is 12.9. The third-order valence-corrected chi connectivity index (χ3v) is 7.29. The predicted octanol–water partition coefficient (Wildman–Crippen LogP) is 5.05. The fourth-order valence-corrected chi connectivity index (χ4v) is 5.02. The van der Waals surface area contributed by atoms with Crippen molar-refractivity contribution in [1.82, 2.24) is 4.90 Å². The molecule has 3 heterocycles. The molecule has 0 N–H and O–H groups in total. The van der Waals surface area contributed by atoms with E-state index in [1.165, 1.54) is 5.69 Å². The molecule has 1 fully saturated rings. The molecule has 0 aliphatic carbocycles. The lowest BCUT2D eigenvalue weighted by molar-refractivity contribution is -0.131. The Morgan fingerprint density at radius 2 is 1.50 bits per heavy atom. The Morgan fingerprint density at radius 3 is 2.21 bits per heavy atom. The molecule has 0 bridgehead atoms. The van der Waals surface area contributed by atoms with Crippen molar-refractivity contribution in [1.29, 1.82) is 0 Å². The van der Waals surface area contributed by atoms with Gasteiger partial charge in [0.15, 0.2) is 0 Å². The van der Waals surface area contributed by atoms with Gasteiger partial charge in [-0.2, -0.15) is 0 Å². The number of piperazine rings is 1. The number of carbonyl (C=O) groups is 1. The number of furan rings is 1. The van der Waals surface area contributed by atoms with E-state index in [-0.39, 0.29) is 11.5 Å². The predicted molar refractivity (Wildman–Crippen MR) is 135 cm³/mol. The number of hydrogen-bond acceptors (Lipinski definition) is 5. The van der Waals surface area contributed by atoms with Gasteiger partial charge in [0.2, 0.25) is 5.91 Å². The van der Waals surface area contributed by atoms with E-state index in [4.69, 9.17) is 8.83 Å². The molecule has 0 spiro atoms. The Morgan fingerprint density at radius 1 is 0.853 bits per heavy atom. The quantitative estimate of drug-likeness (QED) is 0.400. The van der Waals surface area contributed by atoms with Gasteiger partial charge in [-0.05, 0) is 63.4 Å². The first-order valence-corrected chi connectivity index (χ1v) is 11.9. The number of aryl methyl sites for hydroxylation is 4. The number of para-hydroxylation sites is 1. The van der Waals surface area contributed by atoms with Crippen molar-refractivity contribution in [3.05, 3.63) is 74.8 Å². The highest BCUT2D eigenvalue weighted by molar-refractivity contribution is 6.00. The molecule has 0 saturated carbocycles. The number of anilines is 1. The van der Waals surface area contributed by atoms with Crippen molar-refractivity contribution in [2.45, 2.75) is 40.5 Å². The summed E-state index contributed by atoms with van der Waals surface area (Å²) in [5.74, 6) is 0.950. The van der Waals surface area contributed by atoms with E-state index in [0.29, 0.717) is 37.1 Å². The topological polar surface area (TPSA) is 66.9 Å². The van der Waals surface area contributed by atoms with E-state index < -0.39 is 0 Å². The number of benzene rings is 2. The molecule has 6 nitrogen and oxygen atoms in total. The third kappa shape index (κ3) is 3.77. The molecule has 1 aliphatic rings. The molecule has 2 aromatic carbocycles. The molecule has 1 amide bonds. The molecule has 34 heavy (non-hydrogen) atoms. The van der Waals surface area contributed by atoms with Gasteiger partial charge >= 0.3 is 5.63 Å². The van der Waals surface area contributed by atoms with Crippen LogP contribution in [0.5, 0.6) is 0 Å². The average molecular weight is 459 g/mol. The van der Waals surface area contributed by atoms with E-state index in [2.05, 4.69) is 23.1 Å². The van der Waals surface area contributed by atoms with Crippen LogP contribution in [-0.4, -0.2) is 37.0 Å². The monoisotopic (exact) mass is 458 g/mol. The largest absolute Gasteiger partial charge is 0.461 e. The van der Waals surface area contributed by atoms with Gasteiger partial charge in [0.25, 0.3) is 0 Å². The van der Waals surface area contributed by atoms with Crippen LogP contribution in [0.3, 0.4) is 0 Å². The lowest BCUT2D eigenvalue weighted by Gasteiger charge is -2.36. The molecule has 5 rings (SSSR count). The van der Waals surface area contributed by atoms with Crippen LogP contribution < -0.4 is 10.5 Å². The van der Waals surface area contributed by atoms with Gasteiger partial charge in [-0.25, -0.2) is 4.79 Å². The normalized spacial score (nSPS) is 14.4. The van der Waals surface area contributed by atoms with Gasteiger partial charge in [0, 0.05) is 60.2 Å². The standard InChI is InChI=1S/C28H30N2O4/c1-17-20(4)33-26-19(3)27-24(16-23(17)26)18(2)22(28(32)34-27)10-11-25(31)30-14-12-29(13-15-30)21-8-6-5-7-9-21/h5-9,16H,10-15H2,1-4H3. The molecule has 0 atom stereocenters. The van der Waals surface area contributed by atoms with Crippen molar-refractivity contribution in [2.24, 2.45) is 0 Å². The first kappa shape index (κ1) is 22.3. The number of carbonyl (C=O) groups excluding carboxylic acids is 1. The Kier molecular flexibility index (Phi) is 5.68. The average Bonchev–Trinajstić information content (AvgIpc) is 3.14. The second-order valence-electron chi connectivity index (χ2n) is 9.23. The van der Waals surface area contributed by atoms with Crippen LogP contribution in [0, 0.1) is 27.7 Å².